The molecule has 0 aromatic rings. The molecule has 4 atom stereocenters. The molecule has 0 aromatic heterocycles. The third kappa shape index (κ3) is 0.958. The van der Waals surface area contributed by atoms with E-state index in [4.69, 9.17) is 9.84 Å². The Balaban J connectivity index is 2.06. The maximum Gasteiger partial charge on any atom is 0.334 e. The summed E-state index contributed by atoms with van der Waals surface area (Å²) in [5.41, 5.74) is 0.541. The minimum Gasteiger partial charge on any atom is -0.478 e. The van der Waals surface area contributed by atoms with Gasteiger partial charge in [0.15, 0.2) is 0 Å². The SMILES string of the molecule is COC(=O)C1=C(C(=O)O)[C@H]2C[C@@H]1[C@@H]1O[C@@H]12. The van der Waals surface area contributed by atoms with Crippen LogP contribution in [0, 0.1) is 11.8 Å². The maximum absolute atomic E-state index is 11.5. The van der Waals surface area contributed by atoms with Gasteiger partial charge in [0, 0.05) is 11.8 Å². The third-order valence-electron chi connectivity index (χ3n) is 3.53. The lowest BCUT2D eigenvalue weighted by molar-refractivity contribution is -0.138. The van der Waals surface area contributed by atoms with Crippen molar-refractivity contribution in [3.8, 4) is 0 Å². The van der Waals surface area contributed by atoms with Gasteiger partial charge in [-0.15, -0.1) is 0 Å². The second-order valence-electron chi connectivity index (χ2n) is 4.14. The zero-order valence-corrected chi connectivity index (χ0v) is 8.10. The molecule has 0 aromatic carbocycles. The largest absolute Gasteiger partial charge is 0.478 e. The van der Waals surface area contributed by atoms with Crippen molar-refractivity contribution >= 4 is 11.9 Å². The van der Waals surface area contributed by atoms with Crippen LogP contribution in [0.5, 0.6) is 0 Å². The summed E-state index contributed by atoms with van der Waals surface area (Å²) in [5, 5.41) is 9.07. The van der Waals surface area contributed by atoms with E-state index in [1.165, 1.54) is 7.11 Å². The number of ether oxygens (including phenoxy) is 2. The molecule has 80 valence electrons. The quantitative estimate of drug-likeness (QED) is 0.511. The van der Waals surface area contributed by atoms with E-state index in [0.717, 1.165) is 6.42 Å². The summed E-state index contributed by atoms with van der Waals surface area (Å²) in [4.78, 5) is 22.5. The lowest BCUT2D eigenvalue weighted by atomic mass is 9.92. The summed E-state index contributed by atoms with van der Waals surface area (Å²) in [7, 11) is 1.27. The number of carboxylic acids is 1. The number of carbonyl (C=O) groups excluding carboxylic acids is 1. The molecule has 1 aliphatic heterocycles. The Kier molecular flexibility index (Phi) is 1.55. The van der Waals surface area contributed by atoms with Gasteiger partial charge in [-0.25, -0.2) is 9.59 Å². The number of carboxylic acid groups (broad SMARTS) is 1. The summed E-state index contributed by atoms with van der Waals surface area (Å²) in [6.07, 6.45) is 0.822. The van der Waals surface area contributed by atoms with Crippen LogP contribution in [0.2, 0.25) is 0 Å². The van der Waals surface area contributed by atoms with Crippen molar-refractivity contribution in [2.24, 2.45) is 11.8 Å². The van der Waals surface area contributed by atoms with Gasteiger partial charge in [0.25, 0.3) is 0 Å². The number of methoxy groups -OCH3 is 1. The van der Waals surface area contributed by atoms with Crippen molar-refractivity contribution in [2.45, 2.75) is 18.6 Å². The van der Waals surface area contributed by atoms with E-state index < -0.39 is 11.9 Å². The van der Waals surface area contributed by atoms with Crippen molar-refractivity contribution in [3.05, 3.63) is 11.1 Å². The number of fused-ring (bicyclic) bond motifs is 5. The maximum atomic E-state index is 11.5. The van der Waals surface area contributed by atoms with Crippen LogP contribution in [0.15, 0.2) is 11.1 Å². The Morgan fingerprint density at radius 1 is 1.33 bits per heavy atom. The number of esters is 1. The first-order valence-electron chi connectivity index (χ1n) is 4.86. The minimum atomic E-state index is -1.02. The minimum absolute atomic E-state index is 0.0366. The van der Waals surface area contributed by atoms with Gasteiger partial charge in [0.2, 0.25) is 0 Å². The molecule has 0 unspecified atom stereocenters. The molecule has 3 rings (SSSR count). The van der Waals surface area contributed by atoms with Gasteiger partial charge in [-0.05, 0) is 6.42 Å². The van der Waals surface area contributed by atoms with Crippen molar-refractivity contribution in [1.82, 2.24) is 0 Å². The highest BCUT2D eigenvalue weighted by molar-refractivity contribution is 6.02. The van der Waals surface area contributed by atoms with Crippen LogP contribution in [0.1, 0.15) is 6.42 Å². The topological polar surface area (TPSA) is 76.1 Å². The van der Waals surface area contributed by atoms with E-state index in [2.05, 4.69) is 4.74 Å². The molecule has 2 aliphatic carbocycles. The molecule has 0 spiro atoms. The first-order chi connectivity index (χ1) is 7.15. The zero-order valence-electron chi connectivity index (χ0n) is 8.10. The van der Waals surface area contributed by atoms with E-state index in [1.807, 2.05) is 0 Å². The molecule has 5 nitrogen and oxygen atoms in total. The molecule has 0 amide bonds. The molecule has 3 aliphatic rings. The van der Waals surface area contributed by atoms with E-state index >= 15 is 0 Å². The van der Waals surface area contributed by atoms with Crippen LogP contribution in [-0.4, -0.2) is 36.4 Å². The number of carbonyl (C=O) groups is 2. The number of epoxide rings is 1. The second-order valence-corrected chi connectivity index (χ2v) is 4.14. The fourth-order valence-electron chi connectivity index (χ4n) is 2.93. The van der Waals surface area contributed by atoms with Crippen LogP contribution in [0.4, 0.5) is 0 Å². The standard InChI is InChI=1S/C10H10O5/c1-14-10(13)6-4-2-3(5(6)9(11)12)7-8(4)15-7/h3-4,7-8H,2H2,1H3,(H,11,12)/t3-,4+,7-,8+/m1/s1. The summed E-state index contributed by atoms with van der Waals surface area (Å²) in [5.74, 6) is -1.70. The lowest BCUT2D eigenvalue weighted by Gasteiger charge is -2.11. The number of aliphatic carboxylic acids is 1. The van der Waals surface area contributed by atoms with Gasteiger partial charge in [0.1, 0.15) is 0 Å². The monoisotopic (exact) mass is 210 g/mol. The summed E-state index contributed by atoms with van der Waals surface area (Å²) >= 11 is 0. The van der Waals surface area contributed by atoms with Crippen molar-refractivity contribution < 1.29 is 24.2 Å². The smallest absolute Gasteiger partial charge is 0.334 e. The van der Waals surface area contributed by atoms with Crippen LogP contribution >= 0.6 is 0 Å². The van der Waals surface area contributed by atoms with Gasteiger partial charge in [0.05, 0.1) is 30.5 Å². The number of rotatable bonds is 2. The molecule has 15 heavy (non-hydrogen) atoms. The van der Waals surface area contributed by atoms with Crippen LogP contribution < -0.4 is 0 Å². The van der Waals surface area contributed by atoms with Gasteiger partial charge in [-0.1, -0.05) is 0 Å². The summed E-state index contributed by atoms with van der Waals surface area (Å²) in [6.45, 7) is 0. The molecule has 2 bridgehead atoms. The summed E-state index contributed by atoms with van der Waals surface area (Å²) in [6, 6.07) is 0. The number of hydrogen-bond donors (Lipinski definition) is 1. The van der Waals surface area contributed by atoms with Gasteiger partial charge in [-0.3, -0.25) is 0 Å². The average molecular weight is 210 g/mol. The molecule has 1 heterocycles. The van der Waals surface area contributed by atoms with E-state index in [1.54, 1.807) is 0 Å². The highest BCUT2D eigenvalue weighted by atomic mass is 16.6. The third-order valence-corrected chi connectivity index (χ3v) is 3.53. The first-order valence-corrected chi connectivity index (χ1v) is 4.86. The Labute approximate surface area is 85.7 Å². The van der Waals surface area contributed by atoms with Gasteiger partial charge in [-0.2, -0.15) is 0 Å². The van der Waals surface area contributed by atoms with E-state index in [-0.39, 0.29) is 29.6 Å². The van der Waals surface area contributed by atoms with Crippen molar-refractivity contribution in [2.75, 3.05) is 7.11 Å². The number of hydrogen-bond acceptors (Lipinski definition) is 4. The Bertz CT molecular complexity index is 397. The predicted molar refractivity (Wildman–Crippen MR) is 46.9 cm³/mol. The normalized spacial score (nSPS) is 40.3. The predicted octanol–water partition coefficient (Wildman–Crippen LogP) is -0.0423. The fraction of sp³-hybridized carbons (Fsp3) is 0.600. The van der Waals surface area contributed by atoms with Crippen LogP contribution in [0.25, 0.3) is 0 Å². The van der Waals surface area contributed by atoms with Gasteiger partial charge >= 0.3 is 11.9 Å². The lowest BCUT2D eigenvalue weighted by Crippen LogP contribution is -2.23. The second kappa shape index (κ2) is 2.61. The van der Waals surface area contributed by atoms with Crippen LogP contribution in [0.3, 0.4) is 0 Å². The van der Waals surface area contributed by atoms with Crippen molar-refractivity contribution in [3.63, 3.8) is 0 Å². The molecule has 1 saturated carbocycles. The van der Waals surface area contributed by atoms with Gasteiger partial charge < -0.3 is 14.6 Å². The molecular formula is C10H10O5. The first kappa shape index (κ1) is 8.91. The van der Waals surface area contributed by atoms with E-state index in [0.29, 0.717) is 5.57 Å². The Morgan fingerprint density at radius 3 is 2.47 bits per heavy atom. The molecule has 1 N–H and O–H groups in total. The molecule has 2 fully saturated rings. The highest BCUT2D eigenvalue weighted by Crippen LogP contribution is 2.58. The Hall–Kier alpha value is -1.36. The Morgan fingerprint density at radius 2 is 1.93 bits per heavy atom. The molecule has 1 saturated heterocycles. The average Bonchev–Trinajstić information content (AvgIpc) is 2.83. The molecule has 0 radical (unpaired) electrons. The molecular weight excluding hydrogens is 200 g/mol. The summed E-state index contributed by atoms with van der Waals surface area (Å²) < 4.78 is 9.95. The van der Waals surface area contributed by atoms with E-state index in [9.17, 15) is 9.59 Å². The zero-order chi connectivity index (χ0) is 10.7. The fourth-order valence-corrected chi connectivity index (χ4v) is 2.93. The van der Waals surface area contributed by atoms with Crippen molar-refractivity contribution in [1.29, 1.82) is 0 Å². The molecule has 5 heteroatoms. The highest BCUT2D eigenvalue weighted by Gasteiger charge is 2.65. The van der Waals surface area contributed by atoms with Crippen LogP contribution in [-0.2, 0) is 19.1 Å².